The van der Waals surface area contributed by atoms with Crippen molar-refractivity contribution in [3.8, 4) is 0 Å². The number of rotatable bonds is 9. The molecular weight excluding hydrogens is 528 g/mol. The summed E-state index contributed by atoms with van der Waals surface area (Å²) < 4.78 is 12.5. The van der Waals surface area contributed by atoms with Crippen LogP contribution < -0.4 is 0 Å². The summed E-state index contributed by atoms with van der Waals surface area (Å²) in [6.45, 7) is 12.5. The fourth-order valence-corrected chi connectivity index (χ4v) is 6.21. The Labute approximate surface area is 256 Å². The van der Waals surface area contributed by atoms with Crippen LogP contribution in [0.1, 0.15) is 71.2 Å². The highest BCUT2D eigenvalue weighted by Crippen LogP contribution is 2.53. The van der Waals surface area contributed by atoms with Gasteiger partial charge in [0.05, 0.1) is 12.2 Å². The molecule has 0 saturated carbocycles. The molecule has 0 saturated heterocycles. The molecule has 4 aromatic rings. The third-order valence-electron chi connectivity index (χ3n) is 8.52. The maximum atomic E-state index is 13.6. The van der Waals surface area contributed by atoms with Crippen LogP contribution >= 0.6 is 0 Å². The van der Waals surface area contributed by atoms with Crippen LogP contribution in [0.2, 0.25) is 0 Å². The van der Waals surface area contributed by atoms with E-state index in [1.165, 1.54) is 39.0 Å². The molecule has 3 nitrogen and oxygen atoms in total. The van der Waals surface area contributed by atoms with Gasteiger partial charge in [-0.15, -0.1) is 0 Å². The molecule has 220 valence electrons. The van der Waals surface area contributed by atoms with Crippen molar-refractivity contribution < 1.29 is 14.3 Å². The Morgan fingerprint density at radius 1 is 0.698 bits per heavy atom. The predicted molar refractivity (Wildman–Crippen MR) is 176 cm³/mol. The van der Waals surface area contributed by atoms with E-state index in [4.69, 9.17) is 9.47 Å². The zero-order valence-corrected chi connectivity index (χ0v) is 26.2. The standard InChI is InChI=1S/C40H42O3/c1-7-42-39(41)38-31(6)43-40(34-23-15-29(4)16-24-34,35-25-17-30(5)18-26-35)37(38)10-8-9-36(32-19-11-27(2)12-20-32)33-21-13-28(3)14-22-33/h9,11-26,37H,7-8,10H2,1-6H3. The van der Waals surface area contributed by atoms with Gasteiger partial charge in [0.2, 0.25) is 0 Å². The average Bonchev–Trinajstić information content (AvgIpc) is 3.30. The topological polar surface area (TPSA) is 35.5 Å². The van der Waals surface area contributed by atoms with Gasteiger partial charge in [-0.1, -0.05) is 125 Å². The molecule has 1 heterocycles. The molecule has 43 heavy (non-hydrogen) atoms. The summed E-state index contributed by atoms with van der Waals surface area (Å²) in [5, 5.41) is 0. The van der Waals surface area contributed by atoms with E-state index in [-0.39, 0.29) is 11.9 Å². The number of allylic oxidation sites excluding steroid dienone is 2. The summed E-state index contributed by atoms with van der Waals surface area (Å²) >= 11 is 0. The number of hydrogen-bond acceptors (Lipinski definition) is 3. The van der Waals surface area contributed by atoms with Gasteiger partial charge in [-0.2, -0.15) is 0 Å². The number of carbonyl (C=O) groups excluding carboxylic acids is 1. The van der Waals surface area contributed by atoms with Gasteiger partial charge in [0.25, 0.3) is 0 Å². The van der Waals surface area contributed by atoms with Crippen LogP contribution in [-0.4, -0.2) is 12.6 Å². The van der Waals surface area contributed by atoms with E-state index >= 15 is 0 Å². The van der Waals surface area contributed by atoms with Gasteiger partial charge in [0.15, 0.2) is 5.60 Å². The first-order valence-electron chi connectivity index (χ1n) is 15.3. The molecule has 1 unspecified atom stereocenters. The Hall–Kier alpha value is -4.37. The number of esters is 1. The van der Waals surface area contributed by atoms with Crippen molar-refractivity contribution >= 4 is 11.5 Å². The number of benzene rings is 4. The Balaban J connectivity index is 1.62. The van der Waals surface area contributed by atoms with Gasteiger partial charge in [0, 0.05) is 17.0 Å². The molecular formula is C40H42O3. The SMILES string of the molecule is CCOC(=O)C1=C(C)OC(c2ccc(C)cc2)(c2ccc(C)cc2)C1CCC=C(c1ccc(C)cc1)c1ccc(C)cc1. The third-order valence-corrected chi connectivity index (χ3v) is 8.52. The van der Waals surface area contributed by atoms with E-state index in [0.717, 1.165) is 17.5 Å². The Morgan fingerprint density at radius 3 is 1.53 bits per heavy atom. The van der Waals surface area contributed by atoms with Crippen molar-refractivity contribution in [1.82, 2.24) is 0 Å². The molecule has 0 amide bonds. The molecule has 0 fully saturated rings. The van der Waals surface area contributed by atoms with Crippen LogP contribution in [0.15, 0.2) is 114 Å². The zero-order chi connectivity index (χ0) is 30.6. The second kappa shape index (κ2) is 12.9. The Bertz CT molecular complexity index is 1530. The lowest BCUT2D eigenvalue weighted by Crippen LogP contribution is -2.37. The molecule has 4 aromatic carbocycles. The second-order valence-corrected chi connectivity index (χ2v) is 11.7. The zero-order valence-electron chi connectivity index (χ0n) is 26.2. The van der Waals surface area contributed by atoms with Crippen LogP contribution in [0.25, 0.3) is 5.57 Å². The first kappa shape index (κ1) is 30.1. The monoisotopic (exact) mass is 570 g/mol. The fourth-order valence-electron chi connectivity index (χ4n) is 6.21. The van der Waals surface area contributed by atoms with Gasteiger partial charge < -0.3 is 9.47 Å². The van der Waals surface area contributed by atoms with Crippen LogP contribution in [0.5, 0.6) is 0 Å². The second-order valence-electron chi connectivity index (χ2n) is 11.7. The molecule has 0 bridgehead atoms. The molecule has 0 aromatic heterocycles. The van der Waals surface area contributed by atoms with Gasteiger partial charge in [-0.25, -0.2) is 4.79 Å². The number of ether oxygens (including phenoxy) is 2. The molecule has 0 radical (unpaired) electrons. The van der Waals surface area contributed by atoms with Gasteiger partial charge >= 0.3 is 5.97 Å². The third kappa shape index (κ3) is 6.22. The fraction of sp³-hybridized carbons (Fsp3) is 0.275. The molecule has 1 atom stereocenters. The smallest absolute Gasteiger partial charge is 0.337 e. The molecule has 0 spiro atoms. The van der Waals surface area contributed by atoms with E-state index in [2.05, 4.69) is 131 Å². The van der Waals surface area contributed by atoms with E-state index < -0.39 is 5.60 Å². The van der Waals surface area contributed by atoms with Gasteiger partial charge in [-0.3, -0.25) is 0 Å². The van der Waals surface area contributed by atoms with E-state index in [0.29, 0.717) is 24.4 Å². The predicted octanol–water partition coefficient (Wildman–Crippen LogP) is 9.56. The lowest BCUT2D eigenvalue weighted by Gasteiger charge is -2.37. The summed E-state index contributed by atoms with van der Waals surface area (Å²) in [6.07, 6.45) is 3.77. The highest BCUT2D eigenvalue weighted by atomic mass is 16.5. The summed E-state index contributed by atoms with van der Waals surface area (Å²) in [4.78, 5) is 13.6. The Morgan fingerprint density at radius 2 is 1.12 bits per heavy atom. The molecule has 3 heteroatoms. The lowest BCUT2D eigenvalue weighted by atomic mass is 9.71. The minimum absolute atomic E-state index is 0.245. The largest absolute Gasteiger partial charge is 0.481 e. The summed E-state index contributed by atoms with van der Waals surface area (Å²) in [5.74, 6) is 0.0868. The minimum Gasteiger partial charge on any atom is -0.481 e. The van der Waals surface area contributed by atoms with Crippen molar-refractivity contribution in [3.05, 3.63) is 159 Å². The highest BCUT2D eigenvalue weighted by molar-refractivity contribution is 5.91. The van der Waals surface area contributed by atoms with Gasteiger partial charge in [-0.05, 0) is 71.1 Å². The number of aryl methyl sites for hydroxylation is 4. The first-order valence-corrected chi connectivity index (χ1v) is 15.3. The van der Waals surface area contributed by atoms with Crippen molar-refractivity contribution in [3.63, 3.8) is 0 Å². The van der Waals surface area contributed by atoms with E-state index in [1.54, 1.807) is 0 Å². The van der Waals surface area contributed by atoms with Crippen molar-refractivity contribution in [1.29, 1.82) is 0 Å². The Kier molecular flexibility index (Phi) is 9.01. The first-order chi connectivity index (χ1) is 20.7. The van der Waals surface area contributed by atoms with Crippen molar-refractivity contribution in [2.45, 2.75) is 60.0 Å². The summed E-state index contributed by atoms with van der Waals surface area (Å²) in [7, 11) is 0. The quantitative estimate of drug-likeness (QED) is 0.188. The molecule has 1 aliphatic heterocycles. The van der Waals surface area contributed by atoms with E-state index in [1.807, 2.05) is 13.8 Å². The average molecular weight is 571 g/mol. The van der Waals surface area contributed by atoms with Gasteiger partial charge in [0.1, 0.15) is 5.76 Å². The van der Waals surface area contributed by atoms with Crippen LogP contribution in [0.4, 0.5) is 0 Å². The van der Waals surface area contributed by atoms with Crippen molar-refractivity contribution in [2.24, 2.45) is 5.92 Å². The van der Waals surface area contributed by atoms with Crippen LogP contribution in [0, 0.1) is 33.6 Å². The number of hydrogen-bond donors (Lipinski definition) is 0. The minimum atomic E-state index is -0.852. The lowest BCUT2D eigenvalue weighted by molar-refractivity contribution is -0.139. The highest BCUT2D eigenvalue weighted by Gasteiger charge is 2.53. The summed E-state index contributed by atoms with van der Waals surface area (Å²) in [6, 6.07) is 34.5. The molecule has 0 aliphatic carbocycles. The van der Waals surface area contributed by atoms with E-state index in [9.17, 15) is 4.79 Å². The summed E-state index contributed by atoms with van der Waals surface area (Å²) in [5.41, 5.74) is 10.2. The normalized spacial score (nSPS) is 15.6. The molecule has 1 aliphatic rings. The van der Waals surface area contributed by atoms with Crippen LogP contribution in [0.3, 0.4) is 0 Å². The number of carbonyl (C=O) groups is 1. The maximum Gasteiger partial charge on any atom is 0.337 e. The molecule has 5 rings (SSSR count). The van der Waals surface area contributed by atoms with Crippen LogP contribution in [-0.2, 0) is 19.9 Å². The maximum absolute atomic E-state index is 13.6. The van der Waals surface area contributed by atoms with Crippen molar-refractivity contribution in [2.75, 3.05) is 6.61 Å². The molecule has 0 N–H and O–H groups in total.